The Morgan fingerprint density at radius 2 is 0.591 bits per heavy atom. The zero-order valence-corrected chi connectivity index (χ0v) is 80.8. The summed E-state index contributed by atoms with van der Waals surface area (Å²) < 4.78 is 18.7. The number of nitrogens with zero attached hydrogens (tertiary/aromatic N) is 4. The maximum Gasteiger partial charge on any atom is 0.136 e. The number of rotatable bonds is 10. The molecule has 0 saturated carbocycles. The second-order valence-electron chi connectivity index (χ2n) is 41.1. The van der Waals surface area contributed by atoms with Gasteiger partial charge in [0, 0.05) is 96.4 Å². The highest BCUT2D eigenvalue weighted by molar-refractivity contribution is 7.25. The highest BCUT2D eigenvalue weighted by Gasteiger charge is 2.29. The van der Waals surface area contributed by atoms with Crippen molar-refractivity contribution in [3.8, 4) is 89.5 Å². The predicted molar refractivity (Wildman–Crippen MR) is 589 cm³/mol. The van der Waals surface area contributed by atoms with E-state index in [9.17, 15) is 0 Å². The number of fused-ring (bicyclic) bond motifs is 18. The van der Waals surface area contributed by atoms with E-state index in [0.29, 0.717) is 0 Å². The van der Waals surface area contributed by atoms with Crippen LogP contribution in [0, 0.1) is 6.92 Å². The third-order valence-corrected chi connectivity index (χ3v) is 29.5. The van der Waals surface area contributed by atoms with E-state index in [1.165, 1.54) is 219 Å². The van der Waals surface area contributed by atoms with Crippen molar-refractivity contribution in [2.75, 3.05) is 0 Å². The topological polar surface area (TPSA) is 32.9 Å². The van der Waals surface area contributed by atoms with Crippen LogP contribution in [0.2, 0.25) is 0 Å². The van der Waals surface area contributed by atoms with Gasteiger partial charge in [0.25, 0.3) is 0 Å². The Labute approximate surface area is 805 Å². The minimum Gasteiger partial charge on any atom is -0.456 e. The molecular formula is C131H108N4OS. The smallest absolute Gasteiger partial charge is 0.136 e. The standard InChI is InChI=1S/C46H36N2.C44H39NS.C41H33NO/c1-46(2,3)33-28-29-38-37-17-8-11-21-41(37)48(44(38)30-33)40-20-10-7-16-35(40)31-24-26-32(27-25-31)36-19-13-23-43-45(36)39-18-9-12-22-42(39)47(43)34-14-5-4-6-15-34;1-43(2,3)31-23-24-38-35(27-31)42-36(44(4,5)6)14-11-16-39(42)45(38)37-15-9-7-12-32(37)29-20-18-28(19-21-29)30-22-25-41-34(26-30)33-13-8-10-17-40(33)46-41;1-26-11-9-16-35-39(26)40-33(41(2,3)4)14-10-17-36(40)42(35)34-15-7-5-12-30(34)28-21-19-27(20-22-28)29-23-24-32-31-13-6-8-18-37(31)43-38(32)25-29/h4-30H,1-3H3;7-27H,1-6H3;5-25H,1-4H3. The zero-order chi connectivity index (χ0) is 93.5. The van der Waals surface area contributed by atoms with Crippen molar-refractivity contribution in [3.63, 3.8) is 0 Å². The molecule has 6 heterocycles. The van der Waals surface area contributed by atoms with Crippen molar-refractivity contribution in [1.29, 1.82) is 0 Å². The molecule has 0 bridgehead atoms. The summed E-state index contributed by atoms with van der Waals surface area (Å²) in [6, 6.07) is 153. The molecule has 137 heavy (non-hydrogen) atoms. The molecule has 19 aromatic carbocycles. The Hall–Kier alpha value is -15.6. The molecule has 0 radical (unpaired) electrons. The van der Waals surface area contributed by atoms with Gasteiger partial charge in [0.15, 0.2) is 0 Å². The zero-order valence-electron chi connectivity index (χ0n) is 79.9. The molecule has 6 heteroatoms. The Morgan fingerprint density at radius 3 is 1.20 bits per heavy atom. The van der Waals surface area contributed by atoms with Crippen molar-refractivity contribution in [3.05, 3.63) is 446 Å². The average Bonchev–Trinajstić information content (AvgIpc) is 1.72. The van der Waals surface area contributed by atoms with Crippen LogP contribution in [-0.2, 0) is 21.7 Å². The van der Waals surface area contributed by atoms with Crippen molar-refractivity contribution >= 4 is 141 Å². The molecule has 5 nitrogen and oxygen atoms in total. The van der Waals surface area contributed by atoms with Gasteiger partial charge >= 0.3 is 0 Å². The maximum absolute atomic E-state index is 6.17. The lowest BCUT2D eigenvalue weighted by Crippen LogP contribution is -2.12. The highest BCUT2D eigenvalue weighted by Crippen LogP contribution is 2.49. The minimum atomic E-state index is 0.0179. The van der Waals surface area contributed by atoms with Gasteiger partial charge in [-0.3, -0.25) is 0 Å². The molecule has 0 N–H and O–H groups in total. The van der Waals surface area contributed by atoms with Crippen molar-refractivity contribution < 1.29 is 4.42 Å². The lowest BCUT2D eigenvalue weighted by atomic mass is 9.83. The number of thiophene rings is 1. The fourth-order valence-corrected chi connectivity index (χ4v) is 22.6. The first-order chi connectivity index (χ1) is 66.4. The molecule has 25 rings (SSSR count). The monoisotopic (exact) mass is 1780 g/mol. The highest BCUT2D eigenvalue weighted by atomic mass is 32.1. The molecular weight excluding hydrogens is 1680 g/mol. The van der Waals surface area contributed by atoms with Gasteiger partial charge in [-0.25, -0.2) is 0 Å². The summed E-state index contributed by atoms with van der Waals surface area (Å²) in [5.41, 5.74) is 38.0. The van der Waals surface area contributed by atoms with E-state index >= 15 is 0 Å². The van der Waals surface area contributed by atoms with E-state index in [0.717, 1.165) is 27.5 Å². The first-order valence-corrected chi connectivity index (χ1v) is 48.9. The van der Waals surface area contributed by atoms with Gasteiger partial charge < -0.3 is 22.7 Å². The Bertz CT molecular complexity index is 9040. The molecule has 6 aromatic heterocycles. The first kappa shape index (κ1) is 85.6. The van der Waals surface area contributed by atoms with Crippen LogP contribution in [-0.4, -0.2) is 18.3 Å². The van der Waals surface area contributed by atoms with Gasteiger partial charge in [-0.1, -0.05) is 380 Å². The van der Waals surface area contributed by atoms with Gasteiger partial charge in [-0.2, -0.15) is 0 Å². The van der Waals surface area contributed by atoms with Crippen molar-refractivity contribution in [2.45, 2.75) is 112 Å². The van der Waals surface area contributed by atoms with Crippen LogP contribution in [0.3, 0.4) is 0 Å². The van der Waals surface area contributed by atoms with Gasteiger partial charge in [-0.15, -0.1) is 11.3 Å². The largest absolute Gasteiger partial charge is 0.456 e. The Kier molecular flexibility index (Phi) is 20.9. The van der Waals surface area contributed by atoms with Gasteiger partial charge in [0.2, 0.25) is 0 Å². The van der Waals surface area contributed by atoms with E-state index in [4.69, 9.17) is 4.42 Å². The van der Waals surface area contributed by atoms with Crippen LogP contribution in [0.25, 0.3) is 219 Å². The summed E-state index contributed by atoms with van der Waals surface area (Å²) in [6.45, 7) is 29.9. The average molecular weight is 1790 g/mol. The van der Waals surface area contributed by atoms with Crippen LogP contribution in [0.1, 0.15) is 111 Å². The summed E-state index contributed by atoms with van der Waals surface area (Å²) in [7, 11) is 0. The molecule has 0 atom stereocenters. The summed E-state index contributed by atoms with van der Waals surface area (Å²) in [5, 5.41) is 15.5. The fraction of sp³-hybridized carbons (Fsp3) is 0.130. The Balaban J connectivity index is 0.000000116. The minimum absolute atomic E-state index is 0.0179. The molecule has 0 amide bonds. The summed E-state index contributed by atoms with van der Waals surface area (Å²) in [6.07, 6.45) is 0. The molecule has 0 saturated heterocycles. The van der Waals surface area contributed by atoms with E-state index in [1.807, 2.05) is 23.5 Å². The third-order valence-electron chi connectivity index (χ3n) is 28.3. The molecule has 0 aliphatic rings. The predicted octanol–water partition coefficient (Wildman–Crippen LogP) is 37.2. The summed E-state index contributed by atoms with van der Waals surface area (Å²) >= 11 is 1.87. The van der Waals surface area contributed by atoms with E-state index in [-0.39, 0.29) is 21.7 Å². The second-order valence-corrected chi connectivity index (χ2v) is 42.2. The van der Waals surface area contributed by atoms with Gasteiger partial charge in [-0.05, 0) is 228 Å². The molecule has 0 unspecified atom stereocenters. The third kappa shape index (κ3) is 15.0. The van der Waals surface area contributed by atoms with Crippen molar-refractivity contribution in [1.82, 2.24) is 18.3 Å². The van der Waals surface area contributed by atoms with Gasteiger partial charge in [0.05, 0.1) is 61.2 Å². The fourth-order valence-electron chi connectivity index (χ4n) is 21.5. The Morgan fingerprint density at radius 1 is 0.204 bits per heavy atom. The molecule has 25 aromatic rings. The van der Waals surface area contributed by atoms with E-state index in [1.54, 1.807) is 0 Å². The quantitative estimate of drug-likeness (QED) is 0.134. The molecule has 0 aliphatic carbocycles. The van der Waals surface area contributed by atoms with Crippen LogP contribution in [0.4, 0.5) is 0 Å². The normalized spacial score (nSPS) is 12.3. The number of para-hydroxylation sites is 7. The number of hydrogen-bond acceptors (Lipinski definition) is 2. The van der Waals surface area contributed by atoms with Crippen LogP contribution in [0.15, 0.2) is 423 Å². The lowest BCUT2D eigenvalue weighted by Gasteiger charge is -2.21. The van der Waals surface area contributed by atoms with E-state index < -0.39 is 0 Å². The van der Waals surface area contributed by atoms with Crippen molar-refractivity contribution in [2.24, 2.45) is 0 Å². The van der Waals surface area contributed by atoms with E-state index in [2.05, 4.69) is 515 Å². The lowest BCUT2D eigenvalue weighted by molar-refractivity contribution is 0.590. The number of aromatic nitrogens is 4. The number of aryl methyl sites for hydroxylation is 1. The molecule has 0 aliphatic heterocycles. The molecule has 664 valence electrons. The molecule has 0 fully saturated rings. The summed E-state index contributed by atoms with van der Waals surface area (Å²) in [5.74, 6) is 0. The summed E-state index contributed by atoms with van der Waals surface area (Å²) in [4.78, 5) is 0. The van der Waals surface area contributed by atoms with Crippen LogP contribution >= 0.6 is 11.3 Å². The number of furan rings is 1. The number of hydrogen-bond donors (Lipinski definition) is 0. The van der Waals surface area contributed by atoms with Crippen LogP contribution in [0.5, 0.6) is 0 Å². The first-order valence-electron chi connectivity index (χ1n) is 48.1. The second kappa shape index (κ2) is 33.5. The molecule has 0 spiro atoms. The maximum atomic E-state index is 6.17. The van der Waals surface area contributed by atoms with Crippen LogP contribution < -0.4 is 0 Å². The number of benzene rings is 19. The SMILES string of the molecule is CC(C)(C)c1ccc2c(c1)c1c(C(C)(C)C)cccc1n2-c1ccccc1-c1ccc(-c2ccc3sc4ccccc4c3c2)cc1.CC(C)(C)c1ccc2c3ccccc3n(-c3ccccc3-c3ccc(-c4cccc5c4c4ccccc4n5-c4ccccc4)cc3)c2c1.Cc1cccc2c1c1c(C(C)(C)C)cccc1n2-c1ccccc1-c1ccc(-c2ccc3c(c2)oc2ccccc23)cc1. The van der Waals surface area contributed by atoms with Gasteiger partial charge in [0.1, 0.15) is 11.2 Å².